The smallest absolute Gasteiger partial charge is 0.309 e. The molecule has 27 heavy (non-hydrogen) atoms. The Kier molecular flexibility index (Phi) is 7.72. The third-order valence-electron chi connectivity index (χ3n) is 4.85. The lowest BCUT2D eigenvalue weighted by atomic mass is 9.97. The second-order valence-corrected chi connectivity index (χ2v) is 6.53. The van der Waals surface area contributed by atoms with Crippen LogP contribution in [0.15, 0.2) is 12.1 Å². The van der Waals surface area contributed by atoms with Crippen molar-refractivity contribution < 1.29 is 33.4 Å². The van der Waals surface area contributed by atoms with Gasteiger partial charge in [-0.15, -0.1) is 0 Å². The van der Waals surface area contributed by atoms with Gasteiger partial charge < -0.3 is 29.2 Å². The minimum absolute atomic E-state index is 0.0322. The van der Waals surface area contributed by atoms with E-state index < -0.39 is 0 Å². The number of esters is 1. The molecule has 0 unspecified atom stereocenters. The number of nitrogens with one attached hydrogen (secondary N) is 2. The molecule has 1 aromatic rings. The van der Waals surface area contributed by atoms with E-state index in [4.69, 9.17) is 18.9 Å². The average molecular weight is 381 g/mol. The van der Waals surface area contributed by atoms with Crippen molar-refractivity contribution in [1.82, 2.24) is 5.32 Å². The normalized spacial score (nSPS) is 19.1. The minimum atomic E-state index is -0.152. The zero-order valence-electron chi connectivity index (χ0n) is 16.4. The Morgan fingerprint density at radius 3 is 2.11 bits per heavy atom. The number of carbonyl (C=O) groups excluding carboxylic acids is 2. The SMILES string of the molecule is COC(=O)C1CC[NH+](CC(=O)NCc2cc(OC)c(OC)c(OC)c2)CC1. The van der Waals surface area contributed by atoms with Crippen molar-refractivity contribution in [2.45, 2.75) is 19.4 Å². The highest BCUT2D eigenvalue weighted by Crippen LogP contribution is 2.38. The lowest BCUT2D eigenvalue weighted by Crippen LogP contribution is -3.14. The molecule has 2 N–H and O–H groups in total. The van der Waals surface area contributed by atoms with Crippen LogP contribution >= 0.6 is 0 Å². The fourth-order valence-electron chi connectivity index (χ4n) is 3.33. The number of rotatable bonds is 8. The molecule has 1 fully saturated rings. The van der Waals surface area contributed by atoms with Crippen LogP contribution in [0.1, 0.15) is 18.4 Å². The number of benzene rings is 1. The molecule has 1 aliphatic heterocycles. The van der Waals surface area contributed by atoms with Gasteiger partial charge in [-0.05, 0) is 17.7 Å². The Balaban J connectivity index is 1.86. The Morgan fingerprint density at radius 1 is 1.04 bits per heavy atom. The van der Waals surface area contributed by atoms with Crippen LogP contribution in [0, 0.1) is 5.92 Å². The number of likely N-dealkylation sites (tertiary alicyclic amines) is 1. The Morgan fingerprint density at radius 2 is 1.63 bits per heavy atom. The van der Waals surface area contributed by atoms with Crippen LogP contribution in [0.3, 0.4) is 0 Å². The maximum absolute atomic E-state index is 12.3. The lowest BCUT2D eigenvalue weighted by Gasteiger charge is -2.27. The predicted octanol–water partition coefficient (Wildman–Crippen LogP) is -0.203. The predicted molar refractivity (Wildman–Crippen MR) is 98.2 cm³/mol. The molecule has 0 saturated carbocycles. The highest BCUT2D eigenvalue weighted by atomic mass is 16.5. The third-order valence-corrected chi connectivity index (χ3v) is 4.85. The van der Waals surface area contributed by atoms with Crippen molar-refractivity contribution in [1.29, 1.82) is 0 Å². The molecule has 150 valence electrons. The largest absolute Gasteiger partial charge is 0.493 e. The van der Waals surface area contributed by atoms with Crippen molar-refractivity contribution in [3.63, 3.8) is 0 Å². The number of hydrogen-bond acceptors (Lipinski definition) is 6. The molecular formula is C19H29N2O6+. The van der Waals surface area contributed by atoms with Gasteiger partial charge in [0.1, 0.15) is 0 Å². The summed E-state index contributed by atoms with van der Waals surface area (Å²) in [5, 5.41) is 2.93. The van der Waals surface area contributed by atoms with E-state index in [1.54, 1.807) is 21.3 Å². The fourth-order valence-corrected chi connectivity index (χ4v) is 3.33. The molecule has 8 nitrogen and oxygen atoms in total. The van der Waals surface area contributed by atoms with Crippen LogP contribution in [0.4, 0.5) is 0 Å². The van der Waals surface area contributed by atoms with E-state index in [9.17, 15) is 9.59 Å². The van der Waals surface area contributed by atoms with Gasteiger partial charge in [0.2, 0.25) is 5.75 Å². The van der Waals surface area contributed by atoms with E-state index in [-0.39, 0.29) is 17.8 Å². The van der Waals surface area contributed by atoms with E-state index in [0.29, 0.717) is 30.3 Å². The van der Waals surface area contributed by atoms with Crippen LogP contribution in [-0.4, -0.2) is 59.9 Å². The molecule has 0 bridgehead atoms. The first kappa shape index (κ1) is 20.8. The summed E-state index contributed by atoms with van der Waals surface area (Å²) in [6.45, 7) is 2.33. The molecular weight excluding hydrogens is 352 g/mol. The van der Waals surface area contributed by atoms with Crippen LogP contribution in [0.25, 0.3) is 0 Å². The second-order valence-electron chi connectivity index (χ2n) is 6.53. The number of methoxy groups -OCH3 is 4. The van der Waals surface area contributed by atoms with E-state index in [0.717, 1.165) is 31.5 Å². The summed E-state index contributed by atoms with van der Waals surface area (Å²) in [6.07, 6.45) is 1.50. The van der Waals surface area contributed by atoms with Crippen LogP contribution in [-0.2, 0) is 20.9 Å². The summed E-state index contributed by atoms with van der Waals surface area (Å²) in [5.41, 5.74) is 0.859. The molecule has 0 aliphatic carbocycles. The minimum Gasteiger partial charge on any atom is -0.493 e. The molecule has 1 amide bonds. The van der Waals surface area contributed by atoms with E-state index in [1.807, 2.05) is 12.1 Å². The average Bonchev–Trinajstić information content (AvgIpc) is 2.71. The standard InChI is InChI=1S/C19H28N2O6/c1-24-15-9-13(10-16(25-2)18(15)26-3)11-20-17(22)12-21-7-5-14(6-8-21)19(23)27-4/h9-10,14H,5-8,11-12H2,1-4H3,(H,20,22)/p+1. The van der Waals surface area contributed by atoms with Crippen LogP contribution < -0.4 is 24.4 Å². The monoisotopic (exact) mass is 381 g/mol. The van der Waals surface area contributed by atoms with Crippen molar-refractivity contribution >= 4 is 11.9 Å². The van der Waals surface area contributed by atoms with E-state index >= 15 is 0 Å². The van der Waals surface area contributed by atoms with Crippen molar-refractivity contribution in [2.75, 3.05) is 48.1 Å². The molecule has 0 spiro atoms. The summed E-state index contributed by atoms with van der Waals surface area (Å²) in [4.78, 5) is 25.0. The van der Waals surface area contributed by atoms with Crippen LogP contribution in [0.2, 0.25) is 0 Å². The van der Waals surface area contributed by atoms with Gasteiger partial charge in [0, 0.05) is 19.4 Å². The quantitative estimate of drug-likeness (QED) is 0.607. The Bertz CT molecular complexity index is 631. The summed E-state index contributed by atoms with van der Waals surface area (Å²) >= 11 is 0. The van der Waals surface area contributed by atoms with Gasteiger partial charge in [-0.2, -0.15) is 0 Å². The zero-order valence-corrected chi connectivity index (χ0v) is 16.4. The topological polar surface area (TPSA) is 87.5 Å². The van der Waals surface area contributed by atoms with Crippen molar-refractivity contribution in [2.24, 2.45) is 5.92 Å². The number of carbonyl (C=O) groups is 2. The van der Waals surface area contributed by atoms with Crippen molar-refractivity contribution in [3.8, 4) is 17.2 Å². The van der Waals surface area contributed by atoms with Gasteiger partial charge in [-0.1, -0.05) is 0 Å². The van der Waals surface area contributed by atoms with E-state index in [2.05, 4.69) is 5.32 Å². The lowest BCUT2D eigenvalue weighted by molar-refractivity contribution is -0.897. The number of ether oxygens (including phenoxy) is 4. The molecule has 2 rings (SSSR count). The molecule has 8 heteroatoms. The first-order chi connectivity index (χ1) is 13.0. The maximum Gasteiger partial charge on any atom is 0.309 e. The first-order valence-corrected chi connectivity index (χ1v) is 8.99. The molecule has 1 saturated heterocycles. The van der Waals surface area contributed by atoms with Gasteiger partial charge in [-0.3, -0.25) is 9.59 Å². The molecule has 1 heterocycles. The highest BCUT2D eigenvalue weighted by molar-refractivity contribution is 5.77. The first-order valence-electron chi connectivity index (χ1n) is 8.99. The zero-order chi connectivity index (χ0) is 19.8. The summed E-state index contributed by atoms with van der Waals surface area (Å²) in [6, 6.07) is 3.63. The molecule has 0 atom stereocenters. The van der Waals surface area contributed by atoms with Gasteiger partial charge in [0.05, 0.1) is 47.4 Å². The number of piperidine rings is 1. The second kappa shape index (κ2) is 10.0. The molecule has 0 radical (unpaired) electrons. The van der Waals surface area contributed by atoms with Crippen LogP contribution in [0.5, 0.6) is 17.2 Å². The molecule has 1 aromatic carbocycles. The molecule has 1 aliphatic rings. The van der Waals surface area contributed by atoms with Gasteiger partial charge in [0.15, 0.2) is 18.0 Å². The van der Waals surface area contributed by atoms with Gasteiger partial charge >= 0.3 is 5.97 Å². The summed E-state index contributed by atoms with van der Waals surface area (Å²) in [5.74, 6) is 1.40. The van der Waals surface area contributed by atoms with Crippen molar-refractivity contribution in [3.05, 3.63) is 17.7 Å². The van der Waals surface area contributed by atoms with Gasteiger partial charge in [0.25, 0.3) is 5.91 Å². The Labute approximate surface area is 159 Å². The van der Waals surface area contributed by atoms with Gasteiger partial charge in [-0.25, -0.2) is 0 Å². The number of amides is 1. The number of quaternary nitrogens is 1. The van der Waals surface area contributed by atoms with E-state index in [1.165, 1.54) is 12.0 Å². The summed E-state index contributed by atoms with van der Waals surface area (Å²) in [7, 11) is 6.08. The highest BCUT2D eigenvalue weighted by Gasteiger charge is 2.29. The molecule has 0 aromatic heterocycles. The maximum atomic E-state index is 12.3. The summed E-state index contributed by atoms with van der Waals surface area (Å²) < 4.78 is 20.7. The number of hydrogen-bond donors (Lipinski definition) is 2. The third kappa shape index (κ3) is 5.50. The fraction of sp³-hybridized carbons (Fsp3) is 0.579. The Hall–Kier alpha value is -2.48.